The van der Waals surface area contributed by atoms with Gasteiger partial charge in [-0.25, -0.2) is 0 Å². The van der Waals surface area contributed by atoms with Crippen LogP contribution in [0.1, 0.15) is 88.8 Å². The van der Waals surface area contributed by atoms with Crippen LogP contribution >= 0.6 is 0 Å². The summed E-state index contributed by atoms with van der Waals surface area (Å²) in [5.41, 5.74) is 0.285. The van der Waals surface area contributed by atoms with Crippen molar-refractivity contribution in [1.82, 2.24) is 4.90 Å². The van der Waals surface area contributed by atoms with Crippen LogP contribution in [0.15, 0.2) is 30.3 Å². The molecule has 4 nitrogen and oxygen atoms in total. The molecule has 1 aliphatic carbocycles. The minimum absolute atomic E-state index is 0.00827. The molecule has 7 heteroatoms. The van der Waals surface area contributed by atoms with Gasteiger partial charge in [0.15, 0.2) is 0 Å². The van der Waals surface area contributed by atoms with Crippen LogP contribution in [0.25, 0.3) is 10.8 Å². The SMILES string of the molecule is CC1CCC(Oc2ccc3cc([C@@H](C)N4C5CCCC4CC(C(=O)O)C5)ccc3c2C(F)(F)F)CC1. The Morgan fingerprint density at radius 2 is 1.69 bits per heavy atom. The average Bonchev–Trinajstić information content (AvgIpc) is 2.83. The molecule has 3 aliphatic rings. The van der Waals surface area contributed by atoms with Crippen molar-refractivity contribution in [3.8, 4) is 5.75 Å². The summed E-state index contributed by atoms with van der Waals surface area (Å²) in [5.74, 6) is -0.495. The van der Waals surface area contributed by atoms with Gasteiger partial charge in [0.1, 0.15) is 11.3 Å². The normalized spacial score (nSPS) is 30.2. The second-order valence-corrected chi connectivity index (χ2v) is 11.3. The molecule has 36 heavy (non-hydrogen) atoms. The maximum absolute atomic E-state index is 14.3. The Balaban J connectivity index is 1.44. The monoisotopic (exact) mass is 503 g/mol. The maximum atomic E-state index is 14.3. The highest BCUT2D eigenvalue weighted by atomic mass is 19.4. The van der Waals surface area contributed by atoms with E-state index in [0.29, 0.717) is 24.1 Å². The van der Waals surface area contributed by atoms with Gasteiger partial charge in [-0.1, -0.05) is 31.5 Å². The van der Waals surface area contributed by atoms with Gasteiger partial charge in [0.25, 0.3) is 0 Å². The Morgan fingerprint density at radius 3 is 2.31 bits per heavy atom. The molecule has 2 aromatic rings. The van der Waals surface area contributed by atoms with Gasteiger partial charge < -0.3 is 9.84 Å². The predicted octanol–water partition coefficient (Wildman–Crippen LogP) is 7.59. The van der Waals surface area contributed by atoms with Crippen molar-refractivity contribution < 1.29 is 27.8 Å². The first kappa shape index (κ1) is 25.4. The molecule has 0 aromatic heterocycles. The number of carbonyl (C=O) groups is 1. The van der Waals surface area contributed by atoms with Gasteiger partial charge in [0, 0.05) is 18.1 Å². The van der Waals surface area contributed by atoms with E-state index < -0.39 is 17.7 Å². The molecule has 0 spiro atoms. The van der Waals surface area contributed by atoms with Crippen molar-refractivity contribution >= 4 is 16.7 Å². The fourth-order valence-corrected chi connectivity index (χ4v) is 6.93. The summed E-state index contributed by atoms with van der Waals surface area (Å²) in [6.45, 7) is 4.27. The molecule has 2 aliphatic heterocycles. The van der Waals surface area contributed by atoms with E-state index in [1.165, 1.54) is 6.07 Å². The van der Waals surface area contributed by atoms with E-state index in [0.717, 1.165) is 50.5 Å². The number of nitrogens with zero attached hydrogens (tertiary/aromatic N) is 1. The molecule has 2 unspecified atom stereocenters. The average molecular weight is 504 g/mol. The molecular formula is C29H36F3NO3. The minimum atomic E-state index is -4.51. The van der Waals surface area contributed by atoms with Crippen molar-refractivity contribution in [3.63, 3.8) is 0 Å². The molecule has 196 valence electrons. The lowest BCUT2D eigenvalue weighted by Gasteiger charge is -2.51. The molecule has 0 amide bonds. The number of ether oxygens (including phenoxy) is 1. The molecule has 2 heterocycles. The third-order valence-corrected chi connectivity index (χ3v) is 8.86. The summed E-state index contributed by atoms with van der Waals surface area (Å²) < 4.78 is 48.7. The van der Waals surface area contributed by atoms with Gasteiger partial charge in [-0.05, 0) is 92.7 Å². The highest BCUT2D eigenvalue weighted by Gasteiger charge is 2.43. The van der Waals surface area contributed by atoms with Crippen LogP contribution in [0.2, 0.25) is 0 Å². The van der Waals surface area contributed by atoms with E-state index in [4.69, 9.17) is 4.74 Å². The van der Waals surface area contributed by atoms with Crippen molar-refractivity contribution in [3.05, 3.63) is 41.5 Å². The number of fused-ring (bicyclic) bond motifs is 3. The molecule has 2 saturated heterocycles. The number of carboxylic acids is 1. The highest BCUT2D eigenvalue weighted by Crippen LogP contribution is 2.45. The lowest BCUT2D eigenvalue weighted by molar-refractivity contribution is -0.147. The van der Waals surface area contributed by atoms with E-state index in [9.17, 15) is 23.1 Å². The molecule has 2 aromatic carbocycles. The Kier molecular flexibility index (Phi) is 6.96. The summed E-state index contributed by atoms with van der Waals surface area (Å²) in [6, 6.07) is 8.93. The molecule has 3 fully saturated rings. The summed E-state index contributed by atoms with van der Waals surface area (Å²) in [4.78, 5) is 14.1. The maximum Gasteiger partial charge on any atom is 0.420 e. The number of rotatable bonds is 5. The number of carboxylic acid groups (broad SMARTS) is 1. The zero-order chi connectivity index (χ0) is 25.6. The fraction of sp³-hybridized carbons (Fsp3) is 0.621. The third kappa shape index (κ3) is 4.96. The van der Waals surface area contributed by atoms with E-state index in [1.807, 2.05) is 12.1 Å². The standard InChI is InChI=1S/C29H36F3NO3/c1-17-6-10-24(11-7-17)36-26-13-9-20-14-19(8-12-25(20)27(26)29(30,31)32)18(2)33-22-4-3-5-23(33)16-21(15-22)28(34)35/h8-9,12-14,17-18,21-24H,3-7,10-11,15-16H2,1-2H3,(H,34,35)/t17?,18-,21?,22?,23?,24?/m1/s1. The number of halogens is 3. The van der Waals surface area contributed by atoms with Crippen LogP contribution in [-0.4, -0.2) is 34.2 Å². The first-order valence-electron chi connectivity index (χ1n) is 13.4. The number of hydrogen-bond donors (Lipinski definition) is 1. The predicted molar refractivity (Wildman–Crippen MR) is 133 cm³/mol. The lowest BCUT2D eigenvalue weighted by atomic mass is 9.77. The molecule has 3 atom stereocenters. The van der Waals surface area contributed by atoms with E-state index in [2.05, 4.69) is 18.7 Å². The van der Waals surface area contributed by atoms with Gasteiger partial charge in [-0.3, -0.25) is 9.69 Å². The second kappa shape index (κ2) is 9.88. The molecule has 5 rings (SSSR count). The Hall–Kier alpha value is -2.28. The fourth-order valence-electron chi connectivity index (χ4n) is 6.93. The summed E-state index contributed by atoms with van der Waals surface area (Å²) in [5, 5.41) is 10.3. The quantitative estimate of drug-likeness (QED) is 0.457. The highest BCUT2D eigenvalue weighted by molar-refractivity contribution is 5.89. The first-order valence-corrected chi connectivity index (χ1v) is 13.4. The first-order chi connectivity index (χ1) is 17.1. The van der Waals surface area contributed by atoms with Crippen molar-refractivity contribution in [2.24, 2.45) is 11.8 Å². The third-order valence-electron chi connectivity index (χ3n) is 8.86. The number of hydrogen-bond acceptors (Lipinski definition) is 3. The summed E-state index contributed by atoms with van der Waals surface area (Å²) in [6.07, 6.45) is 3.16. The summed E-state index contributed by atoms with van der Waals surface area (Å²) in [7, 11) is 0. The van der Waals surface area contributed by atoms with Gasteiger partial charge in [0.05, 0.1) is 12.0 Å². The minimum Gasteiger partial charge on any atom is -0.490 e. The largest absolute Gasteiger partial charge is 0.490 e. The molecule has 1 N–H and O–H groups in total. The summed E-state index contributed by atoms with van der Waals surface area (Å²) >= 11 is 0. The molecular weight excluding hydrogens is 467 g/mol. The second-order valence-electron chi connectivity index (χ2n) is 11.3. The van der Waals surface area contributed by atoms with Crippen molar-refractivity contribution in [2.45, 2.75) is 102 Å². The molecule has 2 bridgehead atoms. The van der Waals surface area contributed by atoms with Crippen molar-refractivity contribution in [1.29, 1.82) is 0 Å². The zero-order valence-corrected chi connectivity index (χ0v) is 21.1. The van der Waals surface area contributed by atoms with Gasteiger partial charge in [-0.15, -0.1) is 0 Å². The van der Waals surface area contributed by atoms with Crippen LogP contribution in [-0.2, 0) is 11.0 Å². The van der Waals surface area contributed by atoms with Gasteiger partial charge in [-0.2, -0.15) is 13.2 Å². The smallest absolute Gasteiger partial charge is 0.420 e. The molecule has 1 saturated carbocycles. The van der Waals surface area contributed by atoms with Gasteiger partial charge >= 0.3 is 12.1 Å². The van der Waals surface area contributed by atoms with Crippen LogP contribution in [0.4, 0.5) is 13.2 Å². The van der Waals surface area contributed by atoms with E-state index in [1.54, 1.807) is 12.1 Å². The van der Waals surface area contributed by atoms with Crippen LogP contribution in [0.3, 0.4) is 0 Å². The zero-order valence-electron chi connectivity index (χ0n) is 21.1. The number of benzene rings is 2. The van der Waals surface area contributed by atoms with Crippen LogP contribution < -0.4 is 4.74 Å². The topological polar surface area (TPSA) is 49.8 Å². The number of piperidine rings is 2. The van der Waals surface area contributed by atoms with Crippen LogP contribution in [0.5, 0.6) is 5.75 Å². The Bertz CT molecular complexity index is 1090. The number of alkyl halides is 3. The van der Waals surface area contributed by atoms with Gasteiger partial charge in [0.2, 0.25) is 0 Å². The Morgan fingerprint density at radius 1 is 1.03 bits per heavy atom. The van der Waals surface area contributed by atoms with E-state index >= 15 is 0 Å². The number of aliphatic carboxylic acids is 1. The lowest BCUT2D eigenvalue weighted by Crippen LogP contribution is -2.53. The Labute approximate surface area is 210 Å². The van der Waals surface area contributed by atoms with E-state index in [-0.39, 0.29) is 41.3 Å². The van der Waals surface area contributed by atoms with Crippen LogP contribution in [0, 0.1) is 11.8 Å². The molecule has 0 radical (unpaired) electrons. The van der Waals surface area contributed by atoms with Crippen molar-refractivity contribution in [2.75, 3.05) is 0 Å².